The van der Waals surface area contributed by atoms with Gasteiger partial charge in [0.05, 0.1) is 32.5 Å². The van der Waals surface area contributed by atoms with Gasteiger partial charge < -0.3 is 14.6 Å². The number of β-amino-alcohol motifs (C(OH)–C–C–N with tert-alkyl or cyclic N) is 1. The molecule has 1 aromatic carbocycles. The zero-order chi connectivity index (χ0) is 14.4. The normalized spacial score (nSPS) is 21.9. The lowest BCUT2D eigenvalue weighted by Gasteiger charge is -2.34. The standard InChI is InChI=1S/C15H22FNO3/c1-12-9-19-7-6-17(12)8-14(18)11-20-10-13-4-2-3-5-15(13)16/h2-5,12,14,18H,6-11H2,1H3. The second-order valence-corrected chi connectivity index (χ2v) is 5.18. The van der Waals surface area contributed by atoms with Gasteiger partial charge in [-0.1, -0.05) is 18.2 Å². The van der Waals surface area contributed by atoms with Crippen LogP contribution in [0.5, 0.6) is 0 Å². The second-order valence-electron chi connectivity index (χ2n) is 5.18. The SMILES string of the molecule is CC1COCCN1CC(O)COCc1ccccc1F. The van der Waals surface area contributed by atoms with Gasteiger partial charge in [0.1, 0.15) is 5.82 Å². The van der Waals surface area contributed by atoms with Crippen LogP contribution in [0.4, 0.5) is 4.39 Å². The second kappa shape index (κ2) is 7.69. The van der Waals surface area contributed by atoms with Gasteiger partial charge in [0.25, 0.3) is 0 Å². The van der Waals surface area contributed by atoms with E-state index in [0.29, 0.717) is 31.4 Å². The Morgan fingerprint density at radius 3 is 3.05 bits per heavy atom. The maximum absolute atomic E-state index is 13.4. The van der Waals surface area contributed by atoms with Crippen molar-refractivity contribution in [3.63, 3.8) is 0 Å². The Hall–Kier alpha value is -1.01. The molecule has 5 heteroatoms. The van der Waals surface area contributed by atoms with Gasteiger partial charge in [-0.2, -0.15) is 0 Å². The number of aliphatic hydroxyl groups excluding tert-OH is 1. The first-order valence-electron chi connectivity index (χ1n) is 6.98. The van der Waals surface area contributed by atoms with Crippen molar-refractivity contribution >= 4 is 0 Å². The van der Waals surface area contributed by atoms with E-state index in [2.05, 4.69) is 11.8 Å². The van der Waals surface area contributed by atoms with Gasteiger partial charge in [0.2, 0.25) is 0 Å². The molecule has 0 spiro atoms. The van der Waals surface area contributed by atoms with Gasteiger partial charge in [0, 0.05) is 24.7 Å². The first kappa shape index (κ1) is 15.4. The highest BCUT2D eigenvalue weighted by Gasteiger charge is 2.21. The number of hydrogen-bond acceptors (Lipinski definition) is 4. The predicted molar refractivity (Wildman–Crippen MR) is 73.9 cm³/mol. The summed E-state index contributed by atoms with van der Waals surface area (Å²) in [5.74, 6) is -0.274. The van der Waals surface area contributed by atoms with Crippen molar-refractivity contribution in [2.45, 2.75) is 25.7 Å². The molecule has 1 heterocycles. The molecule has 1 fully saturated rings. The van der Waals surface area contributed by atoms with Crippen molar-refractivity contribution in [2.24, 2.45) is 0 Å². The summed E-state index contributed by atoms with van der Waals surface area (Å²) in [5.41, 5.74) is 0.513. The highest BCUT2D eigenvalue weighted by Crippen LogP contribution is 2.09. The molecule has 0 bridgehead atoms. The first-order chi connectivity index (χ1) is 9.66. The van der Waals surface area contributed by atoms with E-state index < -0.39 is 6.10 Å². The summed E-state index contributed by atoms with van der Waals surface area (Å²) in [5, 5.41) is 9.97. The maximum atomic E-state index is 13.4. The van der Waals surface area contributed by atoms with Crippen molar-refractivity contribution in [1.29, 1.82) is 0 Å². The molecule has 20 heavy (non-hydrogen) atoms. The fourth-order valence-corrected chi connectivity index (χ4v) is 2.28. The summed E-state index contributed by atoms with van der Waals surface area (Å²) in [4.78, 5) is 2.18. The van der Waals surface area contributed by atoms with Crippen LogP contribution in [0.1, 0.15) is 12.5 Å². The fraction of sp³-hybridized carbons (Fsp3) is 0.600. The average molecular weight is 283 g/mol. The molecule has 2 unspecified atom stereocenters. The molecule has 0 radical (unpaired) electrons. The van der Waals surface area contributed by atoms with Gasteiger partial charge in [0.15, 0.2) is 0 Å². The highest BCUT2D eigenvalue weighted by atomic mass is 19.1. The van der Waals surface area contributed by atoms with E-state index in [1.807, 2.05) is 0 Å². The molecule has 1 N–H and O–H groups in total. The lowest BCUT2D eigenvalue weighted by Crippen LogP contribution is -2.47. The molecule has 1 aliphatic rings. The van der Waals surface area contributed by atoms with Crippen molar-refractivity contribution in [1.82, 2.24) is 4.90 Å². The molecule has 0 aromatic heterocycles. The smallest absolute Gasteiger partial charge is 0.128 e. The lowest BCUT2D eigenvalue weighted by molar-refractivity contribution is -0.0401. The minimum atomic E-state index is -0.567. The number of halogens is 1. The maximum Gasteiger partial charge on any atom is 0.128 e. The topological polar surface area (TPSA) is 41.9 Å². The number of morpholine rings is 1. The van der Waals surface area contributed by atoms with Crippen LogP contribution in [0, 0.1) is 5.82 Å². The van der Waals surface area contributed by atoms with Crippen LogP contribution in [-0.4, -0.2) is 55.1 Å². The molecule has 1 aliphatic heterocycles. The summed E-state index contributed by atoms with van der Waals surface area (Å²) < 4.78 is 24.1. The van der Waals surface area contributed by atoms with Crippen molar-refractivity contribution in [2.75, 3.05) is 32.9 Å². The van der Waals surface area contributed by atoms with Gasteiger partial charge in [-0.15, -0.1) is 0 Å². The van der Waals surface area contributed by atoms with Crippen molar-refractivity contribution < 1.29 is 19.0 Å². The van der Waals surface area contributed by atoms with Crippen LogP contribution in [-0.2, 0) is 16.1 Å². The van der Waals surface area contributed by atoms with E-state index in [1.54, 1.807) is 18.2 Å². The quantitative estimate of drug-likeness (QED) is 0.857. The number of rotatable bonds is 6. The monoisotopic (exact) mass is 283 g/mol. The zero-order valence-electron chi connectivity index (χ0n) is 11.8. The van der Waals surface area contributed by atoms with E-state index in [9.17, 15) is 9.50 Å². The third-order valence-corrected chi connectivity index (χ3v) is 3.48. The van der Waals surface area contributed by atoms with Crippen molar-refractivity contribution in [3.8, 4) is 0 Å². The highest BCUT2D eigenvalue weighted by molar-refractivity contribution is 5.16. The Morgan fingerprint density at radius 1 is 1.50 bits per heavy atom. The predicted octanol–water partition coefficient (Wildman–Crippen LogP) is 1.42. The van der Waals surface area contributed by atoms with E-state index >= 15 is 0 Å². The Balaban J connectivity index is 1.70. The summed E-state index contributed by atoms with van der Waals surface area (Å²) in [6.45, 7) is 5.25. The number of hydrogen-bond donors (Lipinski definition) is 1. The molecular formula is C15H22FNO3. The summed E-state index contributed by atoms with van der Waals surface area (Å²) in [6, 6.07) is 6.82. The van der Waals surface area contributed by atoms with Crippen molar-refractivity contribution in [3.05, 3.63) is 35.6 Å². The fourth-order valence-electron chi connectivity index (χ4n) is 2.28. The summed E-state index contributed by atoms with van der Waals surface area (Å²) in [6.07, 6.45) is -0.567. The number of nitrogens with zero attached hydrogens (tertiary/aromatic N) is 1. The summed E-state index contributed by atoms with van der Waals surface area (Å²) >= 11 is 0. The summed E-state index contributed by atoms with van der Waals surface area (Å²) in [7, 11) is 0. The number of aliphatic hydroxyl groups is 1. The first-order valence-corrected chi connectivity index (χ1v) is 6.98. The molecule has 0 saturated carbocycles. The Bertz CT molecular complexity index is 416. The van der Waals surface area contributed by atoms with Crippen LogP contribution in [0.25, 0.3) is 0 Å². The van der Waals surface area contributed by atoms with Crippen LogP contribution >= 0.6 is 0 Å². The Morgan fingerprint density at radius 2 is 2.30 bits per heavy atom. The third-order valence-electron chi connectivity index (χ3n) is 3.48. The molecule has 1 saturated heterocycles. The molecule has 0 aliphatic carbocycles. The molecule has 0 amide bonds. The minimum Gasteiger partial charge on any atom is -0.389 e. The van der Waals surface area contributed by atoms with E-state index in [1.165, 1.54) is 6.07 Å². The third kappa shape index (κ3) is 4.52. The molecule has 1 aromatic rings. The molecular weight excluding hydrogens is 261 g/mol. The lowest BCUT2D eigenvalue weighted by atomic mass is 10.2. The molecule has 2 atom stereocenters. The van der Waals surface area contributed by atoms with Crippen LogP contribution in [0.3, 0.4) is 0 Å². The van der Waals surface area contributed by atoms with Gasteiger partial charge in [-0.25, -0.2) is 4.39 Å². The van der Waals surface area contributed by atoms with Gasteiger partial charge in [-0.3, -0.25) is 4.90 Å². The zero-order valence-corrected chi connectivity index (χ0v) is 11.8. The average Bonchev–Trinajstić information content (AvgIpc) is 2.43. The Labute approximate surface area is 119 Å². The van der Waals surface area contributed by atoms with E-state index in [-0.39, 0.29) is 19.0 Å². The number of benzene rings is 1. The van der Waals surface area contributed by atoms with E-state index in [4.69, 9.17) is 9.47 Å². The van der Waals surface area contributed by atoms with Crippen LogP contribution < -0.4 is 0 Å². The minimum absolute atomic E-state index is 0.183. The molecule has 4 nitrogen and oxygen atoms in total. The van der Waals surface area contributed by atoms with Crippen LogP contribution in [0.2, 0.25) is 0 Å². The van der Waals surface area contributed by atoms with Gasteiger partial charge in [-0.05, 0) is 13.0 Å². The van der Waals surface area contributed by atoms with E-state index in [0.717, 1.165) is 6.54 Å². The van der Waals surface area contributed by atoms with Gasteiger partial charge >= 0.3 is 0 Å². The van der Waals surface area contributed by atoms with Crippen LogP contribution in [0.15, 0.2) is 24.3 Å². The Kier molecular flexibility index (Phi) is 5.91. The molecule has 2 rings (SSSR count). The largest absolute Gasteiger partial charge is 0.389 e. The number of ether oxygens (including phenoxy) is 2. The molecule has 112 valence electrons.